The van der Waals surface area contributed by atoms with Crippen molar-refractivity contribution in [1.29, 1.82) is 0 Å². The minimum atomic E-state index is -2.34. The summed E-state index contributed by atoms with van der Waals surface area (Å²) < 4.78 is 54.9. The third-order valence-electron chi connectivity index (χ3n) is 6.48. The summed E-state index contributed by atoms with van der Waals surface area (Å²) in [5, 5.41) is 3.08. The second-order valence-corrected chi connectivity index (χ2v) is 10.1. The van der Waals surface area contributed by atoms with Gasteiger partial charge in [0.1, 0.15) is 17.2 Å². The minimum absolute atomic E-state index is 0.249. The number of halogens is 1. The van der Waals surface area contributed by atoms with Gasteiger partial charge in [0.2, 0.25) is 0 Å². The lowest BCUT2D eigenvalue weighted by molar-refractivity contribution is 0.00578. The highest BCUT2D eigenvalue weighted by Crippen LogP contribution is 2.39. The lowest BCUT2D eigenvalue weighted by Crippen LogP contribution is -2.41. The van der Waals surface area contributed by atoms with Crippen molar-refractivity contribution < 1.29 is 31.7 Å². The van der Waals surface area contributed by atoms with Crippen LogP contribution >= 0.6 is 0 Å². The SMILES string of the molecule is CNC(=O)c1c(-c2ccc(F)cc2)oc2cc(N(C)S(=O)O)c(B3OC(C)(C)C(C)(C)O3)cc12. The first kappa shape index (κ1) is 24.4. The molecule has 2 N–H and O–H groups in total. The van der Waals surface area contributed by atoms with Crippen LogP contribution in [0.4, 0.5) is 10.1 Å². The van der Waals surface area contributed by atoms with Gasteiger partial charge in [-0.3, -0.25) is 13.7 Å². The predicted octanol–water partition coefficient (Wildman–Crippen LogP) is 3.47. The van der Waals surface area contributed by atoms with E-state index in [0.717, 1.165) is 4.31 Å². The maximum atomic E-state index is 13.5. The van der Waals surface area contributed by atoms with E-state index >= 15 is 0 Å². The predicted molar refractivity (Wildman–Crippen MR) is 130 cm³/mol. The van der Waals surface area contributed by atoms with E-state index in [4.69, 9.17) is 13.7 Å². The van der Waals surface area contributed by atoms with E-state index in [-0.39, 0.29) is 11.3 Å². The molecule has 1 unspecified atom stereocenters. The molecular weight excluding hydrogens is 462 g/mol. The number of hydrogen-bond acceptors (Lipinski definition) is 5. The normalized spacial score (nSPS) is 17.7. The Labute approximate surface area is 200 Å². The second-order valence-electron chi connectivity index (χ2n) is 9.12. The Morgan fingerprint density at radius 3 is 2.24 bits per heavy atom. The van der Waals surface area contributed by atoms with Gasteiger partial charge in [0.05, 0.1) is 22.5 Å². The average molecular weight is 488 g/mol. The number of rotatable bonds is 5. The third kappa shape index (κ3) is 4.02. The van der Waals surface area contributed by atoms with E-state index in [2.05, 4.69) is 5.32 Å². The smallest absolute Gasteiger partial charge is 0.455 e. The number of nitrogens with zero attached hydrogens (tertiary/aromatic N) is 1. The second kappa shape index (κ2) is 8.49. The zero-order chi connectivity index (χ0) is 25.0. The molecule has 1 amide bonds. The number of anilines is 1. The van der Waals surface area contributed by atoms with Gasteiger partial charge in [-0.05, 0) is 58.0 Å². The maximum absolute atomic E-state index is 13.5. The van der Waals surface area contributed by atoms with Crippen molar-refractivity contribution in [1.82, 2.24) is 5.32 Å². The molecule has 0 saturated carbocycles. The fourth-order valence-electron chi connectivity index (χ4n) is 3.82. The van der Waals surface area contributed by atoms with Crippen molar-refractivity contribution in [3.63, 3.8) is 0 Å². The largest absolute Gasteiger partial charge is 0.497 e. The minimum Gasteiger partial charge on any atom is -0.455 e. The molecule has 1 saturated heterocycles. The Kier molecular flexibility index (Phi) is 6.09. The molecule has 4 rings (SSSR count). The Hall–Kier alpha value is -2.73. The molecule has 180 valence electrons. The number of nitrogens with one attached hydrogen (secondary N) is 1. The van der Waals surface area contributed by atoms with Crippen molar-refractivity contribution >= 4 is 46.4 Å². The quantitative estimate of drug-likeness (QED) is 0.422. The van der Waals surface area contributed by atoms with Crippen LogP contribution in [0.25, 0.3) is 22.3 Å². The number of furan rings is 1. The number of carbonyl (C=O) groups is 1. The molecule has 0 aliphatic carbocycles. The molecule has 0 spiro atoms. The van der Waals surface area contributed by atoms with E-state index in [1.54, 1.807) is 12.1 Å². The van der Waals surface area contributed by atoms with E-state index in [9.17, 15) is 17.9 Å². The van der Waals surface area contributed by atoms with Crippen LogP contribution in [0.1, 0.15) is 38.1 Å². The van der Waals surface area contributed by atoms with Gasteiger partial charge in [-0.1, -0.05) is 0 Å². The van der Waals surface area contributed by atoms with Crippen LogP contribution in [0.5, 0.6) is 0 Å². The van der Waals surface area contributed by atoms with E-state index < -0.39 is 41.3 Å². The van der Waals surface area contributed by atoms with Crippen molar-refractivity contribution in [3.05, 3.63) is 47.8 Å². The van der Waals surface area contributed by atoms with E-state index in [0.29, 0.717) is 27.7 Å². The van der Waals surface area contributed by atoms with Crippen molar-refractivity contribution in [2.45, 2.75) is 38.9 Å². The summed E-state index contributed by atoms with van der Waals surface area (Å²) in [7, 11) is 2.09. The topological polar surface area (TPSA) is 101 Å². The number of benzene rings is 2. The summed E-state index contributed by atoms with van der Waals surface area (Å²) in [5.41, 5.74) is 0.573. The average Bonchev–Trinajstić information content (AvgIpc) is 3.25. The molecule has 1 aliphatic rings. The molecule has 8 nitrogen and oxygen atoms in total. The summed E-state index contributed by atoms with van der Waals surface area (Å²) in [5.74, 6) is -0.567. The Balaban J connectivity index is 1.99. The molecule has 1 aromatic heterocycles. The molecule has 3 aromatic rings. The van der Waals surface area contributed by atoms with Crippen LogP contribution in [-0.2, 0) is 20.6 Å². The fraction of sp³-hybridized carbons (Fsp3) is 0.348. The zero-order valence-electron chi connectivity index (χ0n) is 19.8. The summed E-state index contributed by atoms with van der Waals surface area (Å²) >= 11 is -2.34. The summed E-state index contributed by atoms with van der Waals surface area (Å²) in [4.78, 5) is 12.9. The van der Waals surface area contributed by atoms with Gasteiger partial charge in [0.25, 0.3) is 17.2 Å². The first-order valence-corrected chi connectivity index (χ1v) is 11.7. The monoisotopic (exact) mass is 488 g/mol. The van der Waals surface area contributed by atoms with Gasteiger partial charge < -0.3 is 19.0 Å². The highest BCUT2D eigenvalue weighted by atomic mass is 32.2. The number of amides is 1. The first-order chi connectivity index (χ1) is 15.9. The van der Waals surface area contributed by atoms with Gasteiger partial charge in [-0.25, -0.2) is 8.60 Å². The Bertz CT molecular complexity index is 1270. The number of carbonyl (C=O) groups excluding carboxylic acids is 1. The summed E-state index contributed by atoms with van der Waals surface area (Å²) in [6.07, 6.45) is 0. The molecule has 2 aromatic carbocycles. The molecule has 0 radical (unpaired) electrons. The van der Waals surface area contributed by atoms with Gasteiger partial charge in [0.15, 0.2) is 0 Å². The van der Waals surface area contributed by atoms with Crippen molar-refractivity contribution in [3.8, 4) is 11.3 Å². The van der Waals surface area contributed by atoms with Crippen LogP contribution in [-0.4, -0.2) is 47.1 Å². The molecular formula is C23H26BFN2O6S. The lowest BCUT2D eigenvalue weighted by Gasteiger charge is -2.32. The zero-order valence-corrected chi connectivity index (χ0v) is 20.6. The van der Waals surface area contributed by atoms with Crippen LogP contribution in [0.3, 0.4) is 0 Å². The summed E-state index contributed by atoms with van der Waals surface area (Å²) in [6.45, 7) is 7.61. The molecule has 0 bridgehead atoms. The third-order valence-corrected chi connectivity index (χ3v) is 7.14. The van der Waals surface area contributed by atoms with Crippen LogP contribution in [0.15, 0.2) is 40.8 Å². The molecule has 2 heterocycles. The standard InChI is InChI=1S/C23H26BFN2O6S/c1-22(2)23(3,4)33-24(32-22)16-11-15-18(12-17(16)27(6)34(29)30)31-20(19(15)21(28)26-5)13-7-9-14(25)10-8-13/h7-12H,1-6H3,(H,26,28)(H,29,30). The number of fused-ring (bicyclic) bond motifs is 1. The van der Waals surface area contributed by atoms with Gasteiger partial charge in [-0.2, -0.15) is 0 Å². The van der Waals surface area contributed by atoms with Gasteiger partial charge >= 0.3 is 7.12 Å². The van der Waals surface area contributed by atoms with E-state index in [1.165, 1.54) is 38.4 Å². The highest BCUT2D eigenvalue weighted by molar-refractivity contribution is 7.80. The maximum Gasteiger partial charge on any atom is 0.497 e. The van der Waals surface area contributed by atoms with E-state index in [1.807, 2.05) is 27.7 Å². The van der Waals surface area contributed by atoms with Crippen LogP contribution in [0, 0.1) is 5.82 Å². The lowest BCUT2D eigenvalue weighted by atomic mass is 9.77. The molecule has 1 atom stereocenters. The molecule has 1 aliphatic heterocycles. The molecule has 34 heavy (non-hydrogen) atoms. The number of hydrogen-bond donors (Lipinski definition) is 2. The van der Waals surface area contributed by atoms with Crippen molar-refractivity contribution in [2.24, 2.45) is 0 Å². The van der Waals surface area contributed by atoms with Gasteiger partial charge in [0, 0.05) is 36.6 Å². The van der Waals surface area contributed by atoms with Crippen LogP contribution in [0.2, 0.25) is 0 Å². The Morgan fingerprint density at radius 2 is 1.71 bits per heavy atom. The fourth-order valence-corrected chi connectivity index (χ4v) is 4.15. The summed E-state index contributed by atoms with van der Waals surface area (Å²) in [6, 6.07) is 8.84. The highest BCUT2D eigenvalue weighted by Gasteiger charge is 2.52. The van der Waals surface area contributed by atoms with Crippen LogP contribution < -0.4 is 15.1 Å². The van der Waals surface area contributed by atoms with Crippen molar-refractivity contribution in [2.75, 3.05) is 18.4 Å². The molecule has 1 fully saturated rings. The van der Waals surface area contributed by atoms with Gasteiger partial charge in [-0.15, -0.1) is 0 Å². The first-order valence-electron chi connectivity index (χ1n) is 10.6. The molecule has 11 heteroatoms. The Morgan fingerprint density at radius 1 is 1.12 bits per heavy atom.